The lowest BCUT2D eigenvalue weighted by Crippen LogP contribution is -2.40. The molecule has 1 unspecified atom stereocenters. The average Bonchev–Trinajstić information content (AvgIpc) is 3.01. The van der Waals surface area contributed by atoms with Crippen LogP contribution in [0.1, 0.15) is 194 Å². The van der Waals surface area contributed by atoms with E-state index in [2.05, 4.69) is 38.2 Å². The number of hydrogen-bond acceptors (Lipinski definition) is 2. The standard InChI is InChI=1S/C41H81ClNO2/c1-5-7-9-11-13-15-17-19-21-23-25-27-29-31-33-35-37-44-40-41(39-43(3,4)42)45-38-36-34-32-30-28-26-24-22-20-18-16-14-12-10-8-6-2/h19-22,41H,5-18,23-40H2,1-4H3/q+1/b21-19-,22-20-. The summed E-state index contributed by atoms with van der Waals surface area (Å²) < 4.78 is 12.7. The largest absolute Gasteiger partial charge is 0.379 e. The second-order valence-corrected chi connectivity index (χ2v) is 15.1. The Morgan fingerprint density at radius 2 is 0.800 bits per heavy atom. The van der Waals surface area contributed by atoms with E-state index in [1.807, 2.05) is 14.1 Å². The molecule has 0 N–H and O–H groups in total. The maximum atomic E-state index is 6.49. The van der Waals surface area contributed by atoms with Crippen molar-refractivity contribution in [3.63, 3.8) is 0 Å². The highest BCUT2D eigenvalue weighted by Crippen LogP contribution is 2.13. The quantitative estimate of drug-likeness (QED) is 0.0377. The summed E-state index contributed by atoms with van der Waals surface area (Å²) in [4.78, 5) is 0. The van der Waals surface area contributed by atoms with Crippen LogP contribution in [0.15, 0.2) is 24.3 Å². The lowest BCUT2D eigenvalue weighted by molar-refractivity contribution is -0.776. The third-order valence-electron chi connectivity index (χ3n) is 8.75. The van der Waals surface area contributed by atoms with Crippen molar-refractivity contribution in [1.29, 1.82) is 0 Å². The first-order chi connectivity index (χ1) is 22.0. The van der Waals surface area contributed by atoms with Crippen molar-refractivity contribution in [2.45, 2.75) is 200 Å². The van der Waals surface area contributed by atoms with Crippen LogP contribution in [0, 0.1) is 0 Å². The first-order valence-corrected chi connectivity index (χ1v) is 20.3. The van der Waals surface area contributed by atoms with Crippen molar-refractivity contribution in [2.75, 3.05) is 40.5 Å². The van der Waals surface area contributed by atoms with Crippen molar-refractivity contribution in [2.24, 2.45) is 0 Å². The molecule has 4 heteroatoms. The summed E-state index contributed by atoms with van der Waals surface area (Å²) in [6.07, 6.45) is 47.1. The minimum atomic E-state index is 0.0785. The van der Waals surface area contributed by atoms with Crippen molar-refractivity contribution in [1.82, 2.24) is 0 Å². The van der Waals surface area contributed by atoms with Crippen LogP contribution in [0.25, 0.3) is 0 Å². The summed E-state index contributed by atoms with van der Waals surface area (Å²) in [5.41, 5.74) is 0. The van der Waals surface area contributed by atoms with Gasteiger partial charge in [-0.15, -0.1) is 0 Å². The molecule has 0 amide bonds. The van der Waals surface area contributed by atoms with Crippen molar-refractivity contribution >= 4 is 11.8 Å². The number of unbranched alkanes of at least 4 members (excludes halogenated alkanes) is 24. The molecule has 0 rings (SSSR count). The monoisotopic (exact) mass is 655 g/mol. The third kappa shape index (κ3) is 39.7. The maximum absolute atomic E-state index is 6.49. The average molecular weight is 656 g/mol. The molecule has 0 heterocycles. The Hall–Kier alpha value is -0.350. The molecule has 0 spiro atoms. The zero-order chi connectivity index (χ0) is 32.9. The van der Waals surface area contributed by atoms with Gasteiger partial charge in [0.05, 0.1) is 20.7 Å². The molecule has 0 aromatic rings. The number of nitrogens with zero attached hydrogens (tertiary/aromatic N) is 1. The lowest BCUT2D eigenvalue weighted by atomic mass is 10.1. The van der Waals surface area contributed by atoms with E-state index >= 15 is 0 Å². The molecule has 0 aliphatic carbocycles. The SMILES string of the molecule is CCCCCCCC/C=C\CCCCCCCCOCC(C[N+](C)(C)Cl)OCCCCCCCC/C=C\CCCCCCCC. The number of rotatable bonds is 37. The van der Waals surface area contributed by atoms with Crippen LogP contribution >= 0.6 is 11.8 Å². The topological polar surface area (TPSA) is 18.5 Å². The van der Waals surface area contributed by atoms with E-state index < -0.39 is 0 Å². The zero-order valence-corrected chi connectivity index (χ0v) is 31.9. The fraction of sp³-hybridized carbons (Fsp3) is 0.902. The summed E-state index contributed by atoms with van der Waals surface area (Å²) >= 11 is 6.49. The Morgan fingerprint density at radius 1 is 0.467 bits per heavy atom. The highest BCUT2D eigenvalue weighted by atomic mass is 35.5. The molecular formula is C41H81ClNO2+. The number of likely N-dealkylation sites (N-methyl/N-ethyl adjacent to an activating group) is 1. The van der Waals surface area contributed by atoms with Gasteiger partial charge in [0.1, 0.15) is 12.6 Å². The Kier molecular flexibility index (Phi) is 36.2. The molecule has 0 saturated carbocycles. The minimum absolute atomic E-state index is 0.0785. The first kappa shape index (κ1) is 44.6. The van der Waals surface area contributed by atoms with Crippen LogP contribution in [0.3, 0.4) is 0 Å². The fourth-order valence-corrected chi connectivity index (χ4v) is 6.06. The molecular weight excluding hydrogens is 574 g/mol. The van der Waals surface area contributed by atoms with E-state index in [-0.39, 0.29) is 6.10 Å². The van der Waals surface area contributed by atoms with Gasteiger partial charge >= 0.3 is 0 Å². The van der Waals surface area contributed by atoms with E-state index in [0.717, 1.165) is 32.6 Å². The number of hydrogen-bond donors (Lipinski definition) is 0. The van der Waals surface area contributed by atoms with E-state index in [4.69, 9.17) is 21.3 Å². The van der Waals surface area contributed by atoms with Gasteiger partial charge in [-0.05, 0) is 64.2 Å². The molecule has 0 aromatic heterocycles. The van der Waals surface area contributed by atoms with Crippen LogP contribution in [-0.4, -0.2) is 50.6 Å². The van der Waals surface area contributed by atoms with Gasteiger partial charge in [-0.25, -0.2) is 4.00 Å². The molecule has 268 valence electrons. The molecule has 0 aliphatic rings. The van der Waals surface area contributed by atoms with Crippen LogP contribution in [-0.2, 0) is 9.47 Å². The summed E-state index contributed by atoms with van der Waals surface area (Å²) in [6.45, 7) is 7.67. The number of allylic oxidation sites excluding steroid dienone is 4. The third-order valence-corrected chi connectivity index (χ3v) is 8.89. The van der Waals surface area contributed by atoms with E-state index in [1.165, 1.54) is 167 Å². The van der Waals surface area contributed by atoms with Crippen molar-refractivity contribution < 1.29 is 13.5 Å². The summed E-state index contributed by atoms with van der Waals surface area (Å²) in [6, 6.07) is 0. The molecule has 0 fully saturated rings. The number of halogens is 1. The van der Waals surface area contributed by atoms with Crippen molar-refractivity contribution in [3.8, 4) is 0 Å². The highest BCUT2D eigenvalue weighted by molar-refractivity contribution is 6.06. The Labute approximate surface area is 289 Å². The second kappa shape index (κ2) is 36.5. The molecule has 45 heavy (non-hydrogen) atoms. The van der Waals surface area contributed by atoms with E-state index in [9.17, 15) is 0 Å². The highest BCUT2D eigenvalue weighted by Gasteiger charge is 2.21. The van der Waals surface area contributed by atoms with Crippen LogP contribution in [0.4, 0.5) is 0 Å². The van der Waals surface area contributed by atoms with Gasteiger partial charge < -0.3 is 9.47 Å². The smallest absolute Gasteiger partial charge is 0.164 e. The van der Waals surface area contributed by atoms with Gasteiger partial charge in [-0.2, -0.15) is 0 Å². The van der Waals surface area contributed by atoms with Crippen LogP contribution < -0.4 is 0 Å². The number of ether oxygens (including phenoxy) is 2. The van der Waals surface area contributed by atoms with E-state index in [1.54, 1.807) is 0 Å². The minimum Gasteiger partial charge on any atom is -0.379 e. The predicted molar refractivity (Wildman–Crippen MR) is 202 cm³/mol. The molecule has 0 bridgehead atoms. The van der Waals surface area contributed by atoms with Gasteiger partial charge in [-0.1, -0.05) is 154 Å². The molecule has 3 nitrogen and oxygen atoms in total. The van der Waals surface area contributed by atoms with Gasteiger partial charge in [0, 0.05) is 13.2 Å². The van der Waals surface area contributed by atoms with Gasteiger partial charge in [0.2, 0.25) is 0 Å². The van der Waals surface area contributed by atoms with Gasteiger partial charge in [0.15, 0.2) is 11.8 Å². The molecule has 0 saturated heterocycles. The Morgan fingerprint density at radius 3 is 1.18 bits per heavy atom. The fourth-order valence-electron chi connectivity index (χ4n) is 5.90. The van der Waals surface area contributed by atoms with Gasteiger partial charge in [-0.3, -0.25) is 0 Å². The second-order valence-electron chi connectivity index (χ2n) is 14.2. The van der Waals surface area contributed by atoms with Crippen LogP contribution in [0.5, 0.6) is 0 Å². The summed E-state index contributed by atoms with van der Waals surface area (Å²) in [5, 5.41) is 0. The first-order valence-electron chi connectivity index (χ1n) is 20.0. The Bertz CT molecular complexity index is 615. The van der Waals surface area contributed by atoms with Crippen molar-refractivity contribution in [3.05, 3.63) is 24.3 Å². The zero-order valence-electron chi connectivity index (χ0n) is 31.2. The predicted octanol–water partition coefficient (Wildman–Crippen LogP) is 13.7. The lowest BCUT2D eigenvalue weighted by Gasteiger charge is -2.25. The molecule has 1 atom stereocenters. The van der Waals surface area contributed by atoms with E-state index in [0.29, 0.717) is 10.6 Å². The summed E-state index contributed by atoms with van der Waals surface area (Å²) in [5.74, 6) is 0. The molecule has 0 aromatic carbocycles. The maximum Gasteiger partial charge on any atom is 0.164 e. The Balaban J connectivity index is 3.63. The van der Waals surface area contributed by atoms with Gasteiger partial charge in [0.25, 0.3) is 0 Å². The normalized spacial score (nSPS) is 13.1. The number of quaternary nitrogens is 1. The van der Waals surface area contributed by atoms with Crippen LogP contribution in [0.2, 0.25) is 0 Å². The molecule has 0 aliphatic heterocycles. The molecule has 0 radical (unpaired) electrons. The summed E-state index contributed by atoms with van der Waals surface area (Å²) in [7, 11) is 4.04.